The zero-order valence-corrected chi connectivity index (χ0v) is 7.00. The van der Waals surface area contributed by atoms with E-state index in [2.05, 4.69) is 0 Å². The Balaban J connectivity index is 3.92. The van der Waals surface area contributed by atoms with E-state index in [1.807, 2.05) is 0 Å². The van der Waals surface area contributed by atoms with Crippen molar-refractivity contribution in [3.8, 4) is 0 Å². The Labute approximate surface area is 65.8 Å². The fraction of sp³-hybridized carbons (Fsp3) is 0.714. The van der Waals surface area contributed by atoms with Crippen LogP contribution in [0.5, 0.6) is 0 Å². The maximum atomic E-state index is 10.7. The standard InChI is InChI=1S/C7H13NO3/c1-5(4-7(10)11)8(3)6(2)9/h5H,4H2,1-3H3,(H,10,11)/t5-/m0/s1. The van der Waals surface area contributed by atoms with Gasteiger partial charge in [-0.3, -0.25) is 9.59 Å². The van der Waals surface area contributed by atoms with E-state index in [1.165, 1.54) is 11.8 Å². The van der Waals surface area contributed by atoms with E-state index >= 15 is 0 Å². The van der Waals surface area contributed by atoms with Crippen LogP contribution in [0, 0.1) is 0 Å². The van der Waals surface area contributed by atoms with E-state index in [-0.39, 0.29) is 18.4 Å². The fourth-order valence-corrected chi connectivity index (χ4v) is 0.700. The van der Waals surface area contributed by atoms with Gasteiger partial charge in [0.2, 0.25) is 5.91 Å². The van der Waals surface area contributed by atoms with Crippen LogP contribution in [0.25, 0.3) is 0 Å². The van der Waals surface area contributed by atoms with Crippen LogP contribution >= 0.6 is 0 Å². The van der Waals surface area contributed by atoms with Crippen molar-refractivity contribution < 1.29 is 14.7 Å². The van der Waals surface area contributed by atoms with E-state index in [0.29, 0.717) is 0 Å². The van der Waals surface area contributed by atoms with Crippen LogP contribution in [-0.2, 0) is 9.59 Å². The number of hydrogen-bond acceptors (Lipinski definition) is 2. The molecule has 0 aromatic heterocycles. The molecule has 0 bridgehead atoms. The number of carbonyl (C=O) groups is 2. The molecular weight excluding hydrogens is 146 g/mol. The first-order valence-electron chi connectivity index (χ1n) is 3.40. The third-order valence-electron chi connectivity index (χ3n) is 1.63. The van der Waals surface area contributed by atoms with Crippen LogP contribution in [0.2, 0.25) is 0 Å². The SMILES string of the molecule is CC(=O)N(C)[C@@H](C)CC(=O)O. The summed E-state index contributed by atoms with van der Waals surface area (Å²) in [7, 11) is 1.59. The molecule has 4 nitrogen and oxygen atoms in total. The zero-order chi connectivity index (χ0) is 9.02. The highest BCUT2D eigenvalue weighted by molar-refractivity contribution is 5.74. The molecule has 0 unspecified atom stereocenters. The van der Waals surface area contributed by atoms with Gasteiger partial charge in [-0.25, -0.2) is 0 Å². The summed E-state index contributed by atoms with van der Waals surface area (Å²) in [6.07, 6.45) is -0.00389. The Hall–Kier alpha value is -1.06. The van der Waals surface area contributed by atoms with Crippen LogP contribution < -0.4 is 0 Å². The summed E-state index contributed by atoms with van der Waals surface area (Å²) in [5, 5.41) is 8.38. The van der Waals surface area contributed by atoms with E-state index < -0.39 is 5.97 Å². The summed E-state index contributed by atoms with van der Waals surface area (Å²) in [6.45, 7) is 3.12. The highest BCUT2D eigenvalue weighted by Gasteiger charge is 2.14. The minimum absolute atomic E-state index is 0.00389. The van der Waals surface area contributed by atoms with Gasteiger partial charge in [0, 0.05) is 20.0 Å². The third kappa shape index (κ3) is 3.60. The van der Waals surface area contributed by atoms with Crippen molar-refractivity contribution in [1.29, 1.82) is 0 Å². The highest BCUT2D eigenvalue weighted by Crippen LogP contribution is 2.00. The number of rotatable bonds is 3. The Morgan fingerprint density at radius 2 is 2.00 bits per heavy atom. The number of aliphatic carboxylic acids is 1. The van der Waals surface area contributed by atoms with Crippen LogP contribution in [0.3, 0.4) is 0 Å². The number of carboxylic acids is 1. The monoisotopic (exact) mass is 159 g/mol. The van der Waals surface area contributed by atoms with Gasteiger partial charge in [-0.05, 0) is 6.92 Å². The Kier molecular flexibility index (Phi) is 3.57. The fourth-order valence-electron chi connectivity index (χ4n) is 0.700. The largest absolute Gasteiger partial charge is 0.481 e. The number of carbonyl (C=O) groups excluding carboxylic acids is 1. The molecule has 0 radical (unpaired) electrons. The molecule has 0 saturated heterocycles. The normalized spacial score (nSPS) is 12.3. The minimum atomic E-state index is -0.884. The van der Waals surface area contributed by atoms with Crippen molar-refractivity contribution in [2.75, 3.05) is 7.05 Å². The molecule has 0 heterocycles. The lowest BCUT2D eigenvalue weighted by molar-refractivity contribution is -0.139. The topological polar surface area (TPSA) is 57.6 Å². The van der Waals surface area contributed by atoms with Crippen molar-refractivity contribution in [3.05, 3.63) is 0 Å². The summed E-state index contributed by atoms with van der Waals surface area (Å²) < 4.78 is 0. The molecule has 64 valence electrons. The summed E-state index contributed by atoms with van der Waals surface area (Å²) in [5.41, 5.74) is 0. The van der Waals surface area contributed by atoms with Crippen LogP contribution in [0.1, 0.15) is 20.3 Å². The lowest BCUT2D eigenvalue weighted by Crippen LogP contribution is -2.34. The predicted octanol–water partition coefficient (Wildman–Crippen LogP) is 0.328. The molecule has 11 heavy (non-hydrogen) atoms. The second-order valence-corrected chi connectivity index (χ2v) is 2.58. The first kappa shape index (κ1) is 9.94. The lowest BCUT2D eigenvalue weighted by atomic mass is 10.2. The van der Waals surface area contributed by atoms with E-state index in [0.717, 1.165) is 0 Å². The minimum Gasteiger partial charge on any atom is -0.481 e. The van der Waals surface area contributed by atoms with Gasteiger partial charge in [-0.2, -0.15) is 0 Å². The second-order valence-electron chi connectivity index (χ2n) is 2.58. The third-order valence-corrected chi connectivity index (χ3v) is 1.63. The first-order valence-corrected chi connectivity index (χ1v) is 3.40. The number of hydrogen-bond donors (Lipinski definition) is 1. The van der Waals surface area contributed by atoms with Gasteiger partial charge in [0.05, 0.1) is 6.42 Å². The van der Waals surface area contributed by atoms with Gasteiger partial charge in [-0.1, -0.05) is 0 Å². The van der Waals surface area contributed by atoms with Gasteiger partial charge < -0.3 is 10.0 Å². The van der Waals surface area contributed by atoms with Gasteiger partial charge in [0.25, 0.3) is 0 Å². The molecule has 0 spiro atoms. The Morgan fingerprint density at radius 3 is 2.27 bits per heavy atom. The molecule has 0 aliphatic rings. The Morgan fingerprint density at radius 1 is 1.55 bits per heavy atom. The molecule has 4 heteroatoms. The van der Waals surface area contributed by atoms with Crippen LogP contribution in [0.4, 0.5) is 0 Å². The molecule has 1 N–H and O–H groups in total. The van der Waals surface area contributed by atoms with Crippen molar-refractivity contribution in [2.45, 2.75) is 26.3 Å². The van der Waals surface area contributed by atoms with Crippen LogP contribution in [0.15, 0.2) is 0 Å². The van der Waals surface area contributed by atoms with Crippen molar-refractivity contribution in [2.24, 2.45) is 0 Å². The molecule has 1 atom stereocenters. The molecule has 0 fully saturated rings. The average Bonchev–Trinajstić information content (AvgIpc) is 1.84. The summed E-state index contributed by atoms with van der Waals surface area (Å²) >= 11 is 0. The highest BCUT2D eigenvalue weighted by atomic mass is 16.4. The summed E-state index contributed by atoms with van der Waals surface area (Å²) in [4.78, 5) is 22.3. The maximum Gasteiger partial charge on any atom is 0.305 e. The molecule has 0 aromatic carbocycles. The Bertz CT molecular complexity index is 167. The van der Waals surface area contributed by atoms with Gasteiger partial charge in [0.1, 0.15) is 0 Å². The number of amides is 1. The second kappa shape index (κ2) is 3.95. The molecule has 0 aliphatic carbocycles. The smallest absolute Gasteiger partial charge is 0.305 e. The number of nitrogens with zero attached hydrogens (tertiary/aromatic N) is 1. The van der Waals surface area contributed by atoms with Crippen molar-refractivity contribution in [1.82, 2.24) is 4.90 Å². The van der Waals surface area contributed by atoms with Gasteiger partial charge >= 0.3 is 5.97 Å². The summed E-state index contributed by atoms with van der Waals surface area (Å²) in [5.74, 6) is -0.996. The average molecular weight is 159 g/mol. The van der Waals surface area contributed by atoms with E-state index in [4.69, 9.17) is 5.11 Å². The van der Waals surface area contributed by atoms with E-state index in [1.54, 1.807) is 14.0 Å². The van der Waals surface area contributed by atoms with E-state index in [9.17, 15) is 9.59 Å². The predicted molar refractivity (Wildman–Crippen MR) is 40.2 cm³/mol. The molecule has 0 saturated carbocycles. The summed E-state index contributed by atoms with van der Waals surface area (Å²) in [6, 6.07) is -0.231. The van der Waals surface area contributed by atoms with Gasteiger partial charge in [0.15, 0.2) is 0 Å². The molecular formula is C7H13NO3. The maximum absolute atomic E-state index is 10.7. The molecule has 0 rings (SSSR count). The molecule has 1 amide bonds. The zero-order valence-electron chi connectivity index (χ0n) is 7.00. The van der Waals surface area contributed by atoms with Gasteiger partial charge in [-0.15, -0.1) is 0 Å². The lowest BCUT2D eigenvalue weighted by Gasteiger charge is -2.21. The first-order chi connectivity index (χ1) is 4.95. The quantitative estimate of drug-likeness (QED) is 0.645. The van der Waals surface area contributed by atoms with Crippen molar-refractivity contribution in [3.63, 3.8) is 0 Å². The molecule has 0 aliphatic heterocycles. The number of carboxylic acid groups (broad SMARTS) is 1. The van der Waals surface area contributed by atoms with Crippen molar-refractivity contribution >= 4 is 11.9 Å². The molecule has 0 aromatic rings. The van der Waals surface area contributed by atoms with Crippen LogP contribution in [-0.4, -0.2) is 35.0 Å².